The third-order valence-corrected chi connectivity index (χ3v) is 3.17. The van der Waals surface area contributed by atoms with Gasteiger partial charge in [-0.25, -0.2) is 13.8 Å². The number of ether oxygens (including phenoxy) is 1. The van der Waals surface area contributed by atoms with E-state index in [0.29, 0.717) is 12.4 Å². The Balaban J connectivity index is 2.26. The lowest BCUT2D eigenvalue weighted by molar-refractivity contribution is 0.0148. The highest BCUT2D eigenvalue weighted by molar-refractivity contribution is 6.20. The van der Waals surface area contributed by atoms with Gasteiger partial charge in [-0.3, -0.25) is 4.68 Å². The minimum atomic E-state index is -2.46. The minimum Gasteiger partial charge on any atom is -0.374 e. The van der Waals surface area contributed by atoms with E-state index in [2.05, 4.69) is 10.1 Å². The van der Waals surface area contributed by atoms with E-state index in [9.17, 15) is 8.78 Å². The number of nitrogens with zero attached hydrogens (tertiary/aromatic N) is 4. The number of aryl methyl sites for hydroxylation is 2. The summed E-state index contributed by atoms with van der Waals surface area (Å²) in [6.07, 6.45) is -2.46. The molecule has 0 spiro atoms. The highest BCUT2D eigenvalue weighted by Gasteiger charge is 2.19. The van der Waals surface area contributed by atoms with Gasteiger partial charge >= 0.3 is 0 Å². The Labute approximate surface area is 120 Å². The second-order valence-corrected chi connectivity index (χ2v) is 5.24. The smallest absolute Gasteiger partial charge is 0.261 e. The number of aromatic nitrogens is 4. The molecule has 2 aromatic rings. The number of fused-ring (bicyclic) bond motifs is 1. The van der Waals surface area contributed by atoms with E-state index in [1.165, 1.54) is 0 Å². The molecule has 112 valence electrons. The second kappa shape index (κ2) is 6.05. The zero-order chi connectivity index (χ0) is 14.9. The summed E-state index contributed by atoms with van der Waals surface area (Å²) in [7, 11) is 1.82. The molecule has 0 saturated heterocycles. The van der Waals surface area contributed by atoms with Crippen LogP contribution in [0.25, 0.3) is 11.2 Å². The molecule has 2 heterocycles. The van der Waals surface area contributed by atoms with Gasteiger partial charge in [0.2, 0.25) is 0 Å². The van der Waals surface area contributed by atoms with E-state index in [-0.39, 0.29) is 12.0 Å². The first-order chi connectivity index (χ1) is 9.41. The molecule has 0 fully saturated rings. The molecule has 0 amide bonds. The zero-order valence-corrected chi connectivity index (χ0v) is 12.4. The zero-order valence-electron chi connectivity index (χ0n) is 11.6. The van der Waals surface area contributed by atoms with E-state index >= 15 is 0 Å². The van der Waals surface area contributed by atoms with E-state index in [0.717, 1.165) is 16.9 Å². The fourth-order valence-electron chi connectivity index (χ4n) is 2.20. The monoisotopic (exact) mass is 306 g/mol. The lowest BCUT2D eigenvalue weighted by Crippen LogP contribution is -2.14. The average Bonchev–Trinajstić information content (AvgIpc) is 2.85. The topological polar surface area (TPSA) is 44.9 Å². The van der Waals surface area contributed by atoms with Gasteiger partial charge in [-0.1, -0.05) is 0 Å². The van der Waals surface area contributed by atoms with Crippen LogP contribution in [0.3, 0.4) is 0 Å². The normalized spacial score (nSPS) is 13.6. The molecule has 1 atom stereocenters. The molecule has 0 N–H and O–H groups in total. The van der Waals surface area contributed by atoms with E-state index in [4.69, 9.17) is 16.3 Å². The maximum atomic E-state index is 12.0. The van der Waals surface area contributed by atoms with Crippen molar-refractivity contribution in [3.63, 3.8) is 0 Å². The lowest BCUT2D eigenvalue weighted by Gasteiger charge is -2.11. The van der Waals surface area contributed by atoms with Crippen molar-refractivity contribution < 1.29 is 13.5 Å². The highest BCUT2D eigenvalue weighted by atomic mass is 35.5. The molecule has 0 aromatic carbocycles. The van der Waals surface area contributed by atoms with Crippen molar-refractivity contribution in [1.29, 1.82) is 0 Å². The number of imidazole rings is 1. The molecule has 0 aliphatic heterocycles. The fourth-order valence-corrected chi connectivity index (χ4v) is 2.37. The van der Waals surface area contributed by atoms with Crippen LogP contribution in [0.15, 0.2) is 0 Å². The number of hydrogen-bond acceptors (Lipinski definition) is 3. The predicted molar refractivity (Wildman–Crippen MR) is 72.3 cm³/mol. The number of hydrogen-bond donors (Lipinski definition) is 0. The Morgan fingerprint density at radius 1 is 1.40 bits per heavy atom. The molecule has 8 heteroatoms. The molecule has 0 aliphatic carbocycles. The van der Waals surface area contributed by atoms with E-state index in [1.54, 1.807) is 4.68 Å². The maximum Gasteiger partial charge on any atom is 0.261 e. The summed E-state index contributed by atoms with van der Waals surface area (Å²) in [4.78, 5) is 4.49. The van der Waals surface area contributed by atoms with Gasteiger partial charge in [-0.2, -0.15) is 5.10 Å². The lowest BCUT2D eigenvalue weighted by atomic mass is 10.4. The molecule has 2 rings (SSSR count). The summed E-state index contributed by atoms with van der Waals surface area (Å²) in [5.74, 6) is 0.693. The number of halogens is 3. The van der Waals surface area contributed by atoms with Crippen molar-refractivity contribution in [1.82, 2.24) is 19.3 Å². The SMILES string of the molecule is Cc1nn(C)c2c1nc(C(C)Cl)n2CCOCC(F)F. The van der Waals surface area contributed by atoms with Crippen molar-refractivity contribution in [2.45, 2.75) is 32.2 Å². The molecule has 1 unspecified atom stereocenters. The quantitative estimate of drug-likeness (QED) is 0.609. The van der Waals surface area contributed by atoms with Crippen LogP contribution in [0.1, 0.15) is 23.8 Å². The van der Waals surface area contributed by atoms with Gasteiger partial charge in [0.25, 0.3) is 6.43 Å². The Hall–Kier alpha value is -1.21. The van der Waals surface area contributed by atoms with Crippen molar-refractivity contribution in [2.24, 2.45) is 7.05 Å². The van der Waals surface area contributed by atoms with Crippen LogP contribution in [-0.4, -0.2) is 39.0 Å². The van der Waals surface area contributed by atoms with Crippen LogP contribution in [0.4, 0.5) is 8.78 Å². The molecule has 0 bridgehead atoms. The number of rotatable bonds is 6. The Morgan fingerprint density at radius 3 is 2.70 bits per heavy atom. The van der Waals surface area contributed by atoms with Gasteiger partial charge in [0.15, 0.2) is 5.65 Å². The minimum absolute atomic E-state index is 0.177. The Bertz CT molecular complexity index is 594. The van der Waals surface area contributed by atoms with Crippen LogP contribution < -0.4 is 0 Å². The molecule has 20 heavy (non-hydrogen) atoms. The van der Waals surface area contributed by atoms with Gasteiger partial charge in [-0.15, -0.1) is 11.6 Å². The summed E-state index contributed by atoms with van der Waals surface area (Å²) >= 11 is 6.13. The van der Waals surface area contributed by atoms with Crippen LogP contribution in [0, 0.1) is 6.92 Å². The summed E-state index contributed by atoms with van der Waals surface area (Å²) < 4.78 is 32.6. The van der Waals surface area contributed by atoms with Crippen LogP contribution in [-0.2, 0) is 18.3 Å². The van der Waals surface area contributed by atoms with Gasteiger partial charge < -0.3 is 9.30 Å². The van der Waals surface area contributed by atoms with Crippen LogP contribution in [0.5, 0.6) is 0 Å². The largest absolute Gasteiger partial charge is 0.374 e. The predicted octanol–water partition coefficient (Wildman–Crippen LogP) is 2.66. The summed E-state index contributed by atoms with van der Waals surface area (Å²) in [6, 6.07) is 0. The summed E-state index contributed by atoms with van der Waals surface area (Å²) in [5.41, 5.74) is 2.42. The first-order valence-electron chi connectivity index (χ1n) is 6.31. The van der Waals surface area contributed by atoms with E-state index < -0.39 is 13.0 Å². The van der Waals surface area contributed by atoms with E-state index in [1.807, 2.05) is 25.5 Å². The molecule has 2 aromatic heterocycles. The van der Waals surface area contributed by atoms with Gasteiger partial charge in [0.05, 0.1) is 17.7 Å². The second-order valence-electron chi connectivity index (χ2n) is 4.58. The standard InChI is InChI=1S/C12H17ClF2N4O/c1-7(13)11-16-10-8(2)17-18(3)12(10)19(11)4-5-20-6-9(14)15/h7,9H,4-6H2,1-3H3. The molecular weight excluding hydrogens is 290 g/mol. The third-order valence-electron chi connectivity index (χ3n) is 2.98. The molecule has 5 nitrogen and oxygen atoms in total. The number of alkyl halides is 3. The van der Waals surface area contributed by atoms with Gasteiger partial charge in [0.1, 0.15) is 17.9 Å². The molecule has 0 saturated carbocycles. The molecule has 0 aliphatic rings. The molecule has 0 radical (unpaired) electrons. The van der Waals surface area contributed by atoms with Gasteiger partial charge in [0, 0.05) is 13.6 Å². The van der Waals surface area contributed by atoms with Crippen LogP contribution in [0.2, 0.25) is 0 Å². The van der Waals surface area contributed by atoms with Crippen molar-refractivity contribution in [3.05, 3.63) is 11.5 Å². The average molecular weight is 307 g/mol. The third kappa shape index (κ3) is 2.93. The van der Waals surface area contributed by atoms with Gasteiger partial charge in [-0.05, 0) is 13.8 Å². The Kier molecular flexibility index (Phi) is 4.59. The Morgan fingerprint density at radius 2 is 2.10 bits per heavy atom. The first kappa shape index (κ1) is 15.2. The van der Waals surface area contributed by atoms with Crippen molar-refractivity contribution >= 4 is 22.8 Å². The highest BCUT2D eigenvalue weighted by Crippen LogP contribution is 2.25. The van der Waals surface area contributed by atoms with Crippen molar-refractivity contribution in [3.8, 4) is 0 Å². The fraction of sp³-hybridized carbons (Fsp3) is 0.667. The molecular formula is C12H17ClF2N4O. The summed E-state index contributed by atoms with van der Waals surface area (Å²) in [5, 5.41) is 4.02. The van der Waals surface area contributed by atoms with Crippen LogP contribution >= 0.6 is 11.6 Å². The maximum absolute atomic E-state index is 12.0. The first-order valence-corrected chi connectivity index (χ1v) is 6.75. The van der Waals surface area contributed by atoms with Crippen molar-refractivity contribution in [2.75, 3.05) is 13.2 Å². The summed E-state index contributed by atoms with van der Waals surface area (Å²) in [6.45, 7) is 3.72.